The van der Waals surface area contributed by atoms with Crippen molar-refractivity contribution in [2.75, 3.05) is 13.1 Å². The molecule has 17 heavy (non-hydrogen) atoms. The summed E-state index contributed by atoms with van der Waals surface area (Å²) in [6, 6.07) is 6.75. The molecule has 0 aromatic heterocycles. The lowest BCUT2D eigenvalue weighted by Crippen LogP contribution is -2.33. The highest BCUT2D eigenvalue weighted by atomic mass is 32.2. The Kier molecular flexibility index (Phi) is 4.65. The Labute approximate surface area is 101 Å². The van der Waals surface area contributed by atoms with Crippen molar-refractivity contribution in [3.63, 3.8) is 0 Å². The Bertz CT molecular complexity index is 497. The first kappa shape index (κ1) is 13.7. The minimum atomic E-state index is -3.49. The molecular formula is C11H16N2O3S. The van der Waals surface area contributed by atoms with Gasteiger partial charge in [-0.3, -0.25) is 4.79 Å². The lowest BCUT2D eigenvalue weighted by molar-refractivity contribution is -0.118. The summed E-state index contributed by atoms with van der Waals surface area (Å²) in [5, 5.41) is 2.52. The molecule has 0 radical (unpaired) electrons. The summed E-state index contributed by atoms with van der Waals surface area (Å²) in [4.78, 5) is 10.9. The molecule has 1 amide bonds. The van der Waals surface area contributed by atoms with Crippen LogP contribution in [0.5, 0.6) is 0 Å². The van der Waals surface area contributed by atoms with Crippen LogP contribution in [0.4, 0.5) is 0 Å². The fourth-order valence-corrected chi connectivity index (χ4v) is 2.64. The summed E-state index contributed by atoms with van der Waals surface area (Å²) >= 11 is 0. The molecule has 1 aromatic carbocycles. The van der Waals surface area contributed by atoms with Gasteiger partial charge in [0.1, 0.15) is 0 Å². The smallest absolute Gasteiger partial charge is 0.240 e. The number of carbonyl (C=O) groups excluding carboxylic acids is 1. The third kappa shape index (κ3) is 4.16. The van der Waals surface area contributed by atoms with Crippen LogP contribution in [0.2, 0.25) is 0 Å². The maximum Gasteiger partial charge on any atom is 0.240 e. The van der Waals surface area contributed by atoms with Gasteiger partial charge in [-0.1, -0.05) is 18.2 Å². The van der Waals surface area contributed by atoms with Crippen molar-refractivity contribution in [3.05, 3.63) is 29.8 Å². The zero-order chi connectivity index (χ0) is 12.9. The second-order valence-corrected chi connectivity index (χ2v) is 5.38. The monoisotopic (exact) mass is 256 g/mol. The van der Waals surface area contributed by atoms with Crippen LogP contribution in [-0.4, -0.2) is 27.4 Å². The molecule has 1 aromatic rings. The highest BCUT2D eigenvalue weighted by molar-refractivity contribution is 7.89. The summed E-state index contributed by atoms with van der Waals surface area (Å²) in [7, 11) is -3.49. The second kappa shape index (κ2) is 5.79. The molecule has 0 fully saturated rings. The van der Waals surface area contributed by atoms with Gasteiger partial charge in [-0.25, -0.2) is 13.1 Å². The van der Waals surface area contributed by atoms with Crippen LogP contribution in [0, 0.1) is 6.92 Å². The number of carbonyl (C=O) groups is 1. The minimum Gasteiger partial charge on any atom is -0.355 e. The van der Waals surface area contributed by atoms with Crippen molar-refractivity contribution >= 4 is 15.9 Å². The number of amides is 1. The quantitative estimate of drug-likeness (QED) is 0.749. The lowest BCUT2D eigenvalue weighted by Gasteiger charge is -2.09. The first-order valence-corrected chi connectivity index (χ1v) is 6.71. The van der Waals surface area contributed by atoms with Gasteiger partial charge in [0.25, 0.3) is 0 Å². The molecule has 94 valence electrons. The Hall–Kier alpha value is -1.40. The van der Waals surface area contributed by atoms with Gasteiger partial charge in [0, 0.05) is 20.0 Å². The SMILES string of the molecule is CC(=O)NCCNS(=O)(=O)c1ccccc1C. The predicted octanol–water partition coefficient (Wildman–Crippen LogP) is 0.409. The fourth-order valence-electron chi connectivity index (χ4n) is 1.36. The number of benzene rings is 1. The second-order valence-electron chi connectivity index (χ2n) is 3.65. The van der Waals surface area contributed by atoms with E-state index in [1.165, 1.54) is 6.92 Å². The van der Waals surface area contributed by atoms with Crippen molar-refractivity contribution in [2.24, 2.45) is 0 Å². The summed E-state index contributed by atoms with van der Waals surface area (Å²) in [5.74, 6) is -0.180. The van der Waals surface area contributed by atoms with Gasteiger partial charge in [0.05, 0.1) is 4.90 Å². The van der Waals surface area contributed by atoms with Gasteiger partial charge >= 0.3 is 0 Å². The number of rotatable bonds is 5. The molecule has 0 aliphatic rings. The lowest BCUT2D eigenvalue weighted by atomic mass is 10.2. The average Bonchev–Trinajstić information content (AvgIpc) is 2.24. The van der Waals surface area contributed by atoms with E-state index < -0.39 is 10.0 Å². The van der Waals surface area contributed by atoms with Crippen LogP contribution in [0.3, 0.4) is 0 Å². The van der Waals surface area contributed by atoms with E-state index in [1.54, 1.807) is 31.2 Å². The van der Waals surface area contributed by atoms with Crippen LogP contribution < -0.4 is 10.0 Å². The predicted molar refractivity (Wildman–Crippen MR) is 65.1 cm³/mol. The maximum atomic E-state index is 11.9. The van der Waals surface area contributed by atoms with Crippen molar-refractivity contribution in [3.8, 4) is 0 Å². The van der Waals surface area contributed by atoms with Crippen molar-refractivity contribution < 1.29 is 13.2 Å². The molecule has 0 saturated heterocycles. The van der Waals surface area contributed by atoms with Crippen LogP contribution >= 0.6 is 0 Å². The standard InChI is InChI=1S/C11H16N2O3S/c1-9-5-3-4-6-11(9)17(15,16)13-8-7-12-10(2)14/h3-6,13H,7-8H2,1-2H3,(H,12,14). The first-order valence-electron chi connectivity index (χ1n) is 5.23. The van der Waals surface area contributed by atoms with E-state index in [-0.39, 0.29) is 23.9 Å². The van der Waals surface area contributed by atoms with E-state index in [0.29, 0.717) is 5.56 Å². The number of aryl methyl sites for hydroxylation is 1. The Morgan fingerprint density at radius 3 is 2.47 bits per heavy atom. The maximum absolute atomic E-state index is 11.9. The number of nitrogens with one attached hydrogen (secondary N) is 2. The zero-order valence-electron chi connectivity index (χ0n) is 9.86. The highest BCUT2D eigenvalue weighted by Gasteiger charge is 2.14. The van der Waals surface area contributed by atoms with Crippen molar-refractivity contribution in [1.29, 1.82) is 0 Å². The third-order valence-electron chi connectivity index (χ3n) is 2.17. The number of hydrogen-bond donors (Lipinski definition) is 2. The molecule has 2 N–H and O–H groups in total. The summed E-state index contributed by atoms with van der Waals surface area (Å²) in [6.45, 7) is 3.58. The van der Waals surface area contributed by atoms with Crippen LogP contribution in [0.15, 0.2) is 29.2 Å². The Balaban J connectivity index is 2.64. The molecular weight excluding hydrogens is 240 g/mol. The number of sulfonamides is 1. The zero-order valence-corrected chi connectivity index (χ0v) is 10.7. The van der Waals surface area contributed by atoms with E-state index in [1.807, 2.05) is 0 Å². The van der Waals surface area contributed by atoms with Gasteiger partial charge in [-0.15, -0.1) is 0 Å². The molecule has 0 aliphatic carbocycles. The minimum absolute atomic E-state index is 0.177. The Morgan fingerprint density at radius 1 is 1.24 bits per heavy atom. The highest BCUT2D eigenvalue weighted by Crippen LogP contribution is 2.13. The van der Waals surface area contributed by atoms with E-state index in [2.05, 4.69) is 10.0 Å². The molecule has 0 unspecified atom stereocenters. The molecule has 5 nitrogen and oxygen atoms in total. The van der Waals surface area contributed by atoms with Crippen LogP contribution in [-0.2, 0) is 14.8 Å². The largest absolute Gasteiger partial charge is 0.355 e. The molecule has 0 spiro atoms. The van der Waals surface area contributed by atoms with Crippen LogP contribution in [0.1, 0.15) is 12.5 Å². The summed E-state index contributed by atoms with van der Waals surface area (Å²) in [5.41, 5.74) is 0.694. The van der Waals surface area contributed by atoms with Gasteiger partial charge in [-0.2, -0.15) is 0 Å². The van der Waals surface area contributed by atoms with Crippen molar-refractivity contribution in [1.82, 2.24) is 10.0 Å². The third-order valence-corrected chi connectivity index (χ3v) is 3.80. The average molecular weight is 256 g/mol. The van der Waals surface area contributed by atoms with E-state index in [4.69, 9.17) is 0 Å². The first-order chi connectivity index (χ1) is 7.93. The molecule has 0 saturated carbocycles. The molecule has 6 heteroatoms. The fraction of sp³-hybridized carbons (Fsp3) is 0.364. The Morgan fingerprint density at radius 2 is 1.88 bits per heavy atom. The molecule has 0 heterocycles. The van der Waals surface area contributed by atoms with Gasteiger partial charge in [-0.05, 0) is 18.6 Å². The topological polar surface area (TPSA) is 75.3 Å². The van der Waals surface area contributed by atoms with Crippen LogP contribution in [0.25, 0.3) is 0 Å². The molecule has 0 aliphatic heterocycles. The van der Waals surface area contributed by atoms with Gasteiger partial charge in [0.2, 0.25) is 15.9 Å². The molecule has 1 rings (SSSR count). The van der Waals surface area contributed by atoms with Gasteiger partial charge < -0.3 is 5.32 Å². The van der Waals surface area contributed by atoms with E-state index in [9.17, 15) is 13.2 Å². The van der Waals surface area contributed by atoms with Crippen molar-refractivity contribution in [2.45, 2.75) is 18.7 Å². The number of hydrogen-bond acceptors (Lipinski definition) is 3. The summed E-state index contributed by atoms with van der Waals surface area (Å²) in [6.07, 6.45) is 0. The van der Waals surface area contributed by atoms with E-state index in [0.717, 1.165) is 0 Å². The summed E-state index contributed by atoms with van der Waals surface area (Å²) < 4.78 is 26.2. The normalized spacial score (nSPS) is 11.2. The molecule has 0 atom stereocenters. The van der Waals surface area contributed by atoms with E-state index >= 15 is 0 Å². The van der Waals surface area contributed by atoms with Gasteiger partial charge in [0.15, 0.2) is 0 Å². The molecule has 0 bridgehead atoms.